The van der Waals surface area contributed by atoms with Gasteiger partial charge in [-0.25, -0.2) is 4.57 Å². The first kappa shape index (κ1) is 78.9. The van der Waals surface area contributed by atoms with Gasteiger partial charge in [0.2, 0.25) is 0 Å². The second-order valence-electron chi connectivity index (χ2n) is 21.6. The molecule has 2 unspecified atom stereocenters. The average molecular weight is 1170 g/mol. The third kappa shape index (κ3) is 66.9. The van der Waals surface area contributed by atoms with Gasteiger partial charge in [-0.3, -0.25) is 18.6 Å². The lowest BCUT2D eigenvalue weighted by Crippen LogP contribution is -2.29. The number of allylic oxidation sites excluding steroid dienone is 24. The summed E-state index contributed by atoms with van der Waals surface area (Å²) in [4.78, 5) is 35.3. The fraction of sp³-hybridized carbons (Fsp3) is 0.644. The first-order chi connectivity index (χ1) is 40.8. The summed E-state index contributed by atoms with van der Waals surface area (Å²) in [5.41, 5.74) is 5.39. The first-order valence-electron chi connectivity index (χ1n) is 33.3. The fourth-order valence-electron chi connectivity index (χ4n) is 8.81. The van der Waals surface area contributed by atoms with Crippen LogP contribution in [0.2, 0.25) is 0 Å². The van der Waals surface area contributed by atoms with Gasteiger partial charge in [0, 0.05) is 19.4 Å². The summed E-state index contributed by atoms with van der Waals surface area (Å²) in [6.07, 6.45) is 96.4. The molecule has 0 fully saturated rings. The Morgan fingerprint density at radius 1 is 0.373 bits per heavy atom. The van der Waals surface area contributed by atoms with Gasteiger partial charge in [-0.1, -0.05) is 282 Å². The predicted octanol–water partition coefficient (Wildman–Crippen LogP) is 21.9. The zero-order chi connectivity index (χ0) is 60.1. The van der Waals surface area contributed by atoms with Crippen molar-refractivity contribution in [2.75, 3.05) is 26.4 Å². The van der Waals surface area contributed by atoms with Gasteiger partial charge < -0.3 is 20.1 Å². The second kappa shape index (κ2) is 67.0. The Morgan fingerprint density at radius 2 is 0.663 bits per heavy atom. The molecule has 0 bridgehead atoms. The van der Waals surface area contributed by atoms with Gasteiger partial charge in [0.25, 0.3) is 0 Å². The minimum Gasteiger partial charge on any atom is -0.462 e. The summed E-state index contributed by atoms with van der Waals surface area (Å²) in [5, 5.41) is 0. The summed E-state index contributed by atoms with van der Waals surface area (Å²) >= 11 is 0. The van der Waals surface area contributed by atoms with E-state index in [0.29, 0.717) is 6.42 Å². The fourth-order valence-corrected chi connectivity index (χ4v) is 9.58. The number of rotatable bonds is 61. The van der Waals surface area contributed by atoms with E-state index in [4.69, 9.17) is 24.3 Å². The van der Waals surface area contributed by atoms with E-state index in [1.807, 2.05) is 0 Å². The zero-order valence-electron chi connectivity index (χ0n) is 52.9. The number of carbonyl (C=O) groups excluding carboxylic acids is 2. The maximum atomic E-state index is 12.7. The van der Waals surface area contributed by atoms with E-state index >= 15 is 0 Å². The van der Waals surface area contributed by atoms with Gasteiger partial charge in [-0.15, -0.1) is 0 Å². The molecule has 0 aromatic rings. The van der Waals surface area contributed by atoms with Crippen molar-refractivity contribution in [3.63, 3.8) is 0 Å². The van der Waals surface area contributed by atoms with Gasteiger partial charge in [-0.05, 0) is 122 Å². The Bertz CT molecular complexity index is 1870. The van der Waals surface area contributed by atoms with Crippen LogP contribution in [0, 0.1) is 0 Å². The molecule has 83 heavy (non-hydrogen) atoms. The van der Waals surface area contributed by atoms with E-state index in [1.165, 1.54) is 128 Å². The van der Waals surface area contributed by atoms with Crippen molar-refractivity contribution in [1.82, 2.24) is 0 Å². The third-order valence-electron chi connectivity index (χ3n) is 13.7. The standard InChI is InChI=1S/C73H122NO8P/c1-3-5-7-9-11-13-15-17-19-21-23-25-27-29-30-31-32-33-34-35-36-37-38-39-40-42-44-46-48-50-52-54-56-58-60-62-64-66-73(76)82-71(70-81-83(77,78)80-68-67-74)69-79-72(75)65-63-61-59-57-55-53-51-49-47-45-43-41-28-26-24-22-20-18-16-14-12-10-8-6-4-2/h5,7,11,13,17,19,22-25,29-30,32-33,35-36,38-39,42,44,48,50,54,56,71H,3-4,6,8-10,12,14-16,18,20-21,26-28,31,34,37,40-41,43,45-47,49,51-53,55,57-70,74H2,1-2H3,(H,77,78)/b7-5-,13-11-,19-17-,24-22-,25-23-,30-29-,33-32-,36-35-,39-38-,44-42-,50-48-,56-54-. The molecule has 0 heterocycles. The zero-order valence-corrected chi connectivity index (χ0v) is 53.8. The molecule has 2 atom stereocenters. The van der Waals surface area contributed by atoms with Gasteiger partial charge in [0.15, 0.2) is 6.10 Å². The molecule has 9 nitrogen and oxygen atoms in total. The molecule has 0 saturated carbocycles. The topological polar surface area (TPSA) is 134 Å². The molecule has 0 aromatic carbocycles. The number of nitrogens with two attached hydrogens (primary N) is 1. The average Bonchev–Trinajstić information content (AvgIpc) is 3.49. The molecule has 0 radical (unpaired) electrons. The van der Waals surface area contributed by atoms with Crippen LogP contribution in [0.1, 0.15) is 271 Å². The third-order valence-corrected chi connectivity index (χ3v) is 14.7. The Hall–Kier alpha value is -4.11. The predicted molar refractivity (Wildman–Crippen MR) is 357 cm³/mol. The van der Waals surface area contributed by atoms with Crippen LogP contribution in [0.5, 0.6) is 0 Å². The highest BCUT2D eigenvalue weighted by atomic mass is 31.2. The van der Waals surface area contributed by atoms with Crippen LogP contribution < -0.4 is 5.73 Å². The van der Waals surface area contributed by atoms with Crippen molar-refractivity contribution in [2.45, 2.75) is 277 Å². The van der Waals surface area contributed by atoms with E-state index in [9.17, 15) is 19.0 Å². The van der Waals surface area contributed by atoms with E-state index in [2.05, 4.69) is 160 Å². The molecule has 0 saturated heterocycles. The molecule has 0 aromatic heterocycles. The molecule has 10 heteroatoms. The second-order valence-corrected chi connectivity index (χ2v) is 23.1. The van der Waals surface area contributed by atoms with E-state index in [0.717, 1.165) is 109 Å². The van der Waals surface area contributed by atoms with Crippen LogP contribution in [0.15, 0.2) is 146 Å². The molecule has 472 valence electrons. The smallest absolute Gasteiger partial charge is 0.462 e. The van der Waals surface area contributed by atoms with Crippen LogP contribution >= 0.6 is 7.82 Å². The maximum Gasteiger partial charge on any atom is 0.472 e. The summed E-state index contributed by atoms with van der Waals surface area (Å²) in [6, 6.07) is 0. The van der Waals surface area contributed by atoms with Crippen LogP contribution in [-0.4, -0.2) is 49.3 Å². The summed E-state index contributed by atoms with van der Waals surface area (Å²) in [5.74, 6) is -0.870. The SMILES string of the molecule is CC/C=C\C/C=C\C/C=C\C/C=C\C/C=C\C/C=C\C/C=C\C/C=C\C/C=C\C/C=C\C/C=C\CCCCCC(=O)OC(COC(=O)CCCCCCCCCCCCCCC/C=C\CCCCCCCCCC)COP(=O)(O)OCCN. The molecule has 3 N–H and O–H groups in total. The summed E-state index contributed by atoms with van der Waals surface area (Å²) in [6.45, 7) is 3.60. The number of esters is 2. The lowest BCUT2D eigenvalue weighted by Gasteiger charge is -2.19. The number of hydrogen-bond donors (Lipinski definition) is 2. The molecule has 0 aliphatic heterocycles. The number of phosphoric acid groups is 1. The highest BCUT2D eigenvalue weighted by molar-refractivity contribution is 7.47. The first-order valence-corrected chi connectivity index (χ1v) is 34.8. The largest absolute Gasteiger partial charge is 0.472 e. The van der Waals surface area contributed by atoms with Crippen molar-refractivity contribution in [3.8, 4) is 0 Å². The highest BCUT2D eigenvalue weighted by Crippen LogP contribution is 2.43. The van der Waals surface area contributed by atoms with Crippen molar-refractivity contribution in [1.29, 1.82) is 0 Å². The Morgan fingerprint density at radius 3 is 1.01 bits per heavy atom. The number of phosphoric ester groups is 1. The number of carbonyl (C=O) groups is 2. The van der Waals surface area contributed by atoms with Crippen LogP contribution in [0.3, 0.4) is 0 Å². The number of ether oxygens (including phenoxy) is 2. The summed E-state index contributed by atoms with van der Waals surface area (Å²) in [7, 11) is -4.41. The van der Waals surface area contributed by atoms with Crippen molar-refractivity contribution in [3.05, 3.63) is 146 Å². The number of unbranched alkanes of at least 4 members (excludes halogenated alkanes) is 24. The molecular weight excluding hydrogens is 1050 g/mol. The minimum absolute atomic E-state index is 0.0408. The molecule has 0 aliphatic carbocycles. The number of hydrogen-bond acceptors (Lipinski definition) is 8. The normalized spacial score (nSPS) is 13.9. The lowest BCUT2D eigenvalue weighted by atomic mass is 10.0. The maximum absolute atomic E-state index is 12.7. The monoisotopic (exact) mass is 1170 g/mol. The van der Waals surface area contributed by atoms with E-state index < -0.39 is 32.5 Å². The van der Waals surface area contributed by atoms with Gasteiger partial charge in [0.1, 0.15) is 6.61 Å². The molecule has 0 amide bonds. The van der Waals surface area contributed by atoms with Gasteiger partial charge >= 0.3 is 19.8 Å². The molecular formula is C73H122NO8P. The van der Waals surface area contributed by atoms with Crippen molar-refractivity contribution in [2.24, 2.45) is 5.73 Å². The Labute approximate surface area is 509 Å². The minimum atomic E-state index is -4.41. The Balaban J connectivity index is 4.05. The van der Waals surface area contributed by atoms with Crippen LogP contribution in [-0.2, 0) is 32.7 Å². The molecule has 0 aliphatic rings. The Kier molecular flexibility index (Phi) is 63.7. The van der Waals surface area contributed by atoms with Gasteiger partial charge in [0.05, 0.1) is 13.2 Å². The van der Waals surface area contributed by atoms with Crippen LogP contribution in [0.4, 0.5) is 0 Å². The van der Waals surface area contributed by atoms with Crippen molar-refractivity contribution >= 4 is 19.8 Å². The van der Waals surface area contributed by atoms with Gasteiger partial charge in [-0.2, -0.15) is 0 Å². The highest BCUT2D eigenvalue weighted by Gasteiger charge is 2.26. The van der Waals surface area contributed by atoms with Crippen LogP contribution in [0.25, 0.3) is 0 Å². The lowest BCUT2D eigenvalue weighted by molar-refractivity contribution is -0.161. The molecule has 0 rings (SSSR count). The quantitative estimate of drug-likeness (QED) is 0.0264. The van der Waals surface area contributed by atoms with E-state index in [1.54, 1.807) is 0 Å². The van der Waals surface area contributed by atoms with E-state index in [-0.39, 0.29) is 32.6 Å². The summed E-state index contributed by atoms with van der Waals surface area (Å²) < 4.78 is 33.1. The molecule has 0 spiro atoms. The van der Waals surface area contributed by atoms with Crippen molar-refractivity contribution < 1.29 is 37.6 Å².